The van der Waals surface area contributed by atoms with E-state index in [0.717, 1.165) is 18.7 Å². The van der Waals surface area contributed by atoms with Crippen LogP contribution in [0.5, 0.6) is 0 Å². The van der Waals surface area contributed by atoms with Gasteiger partial charge in [-0.15, -0.1) is 0 Å². The molecule has 1 aromatic heterocycles. The van der Waals surface area contributed by atoms with Crippen molar-refractivity contribution < 1.29 is 4.79 Å². The summed E-state index contributed by atoms with van der Waals surface area (Å²) in [6, 6.07) is -0.00679. The molecule has 1 amide bonds. The summed E-state index contributed by atoms with van der Waals surface area (Å²) in [7, 11) is 1.94. The summed E-state index contributed by atoms with van der Waals surface area (Å²) >= 11 is 0. The van der Waals surface area contributed by atoms with Crippen LogP contribution in [0.15, 0.2) is 12.4 Å². The van der Waals surface area contributed by atoms with E-state index in [1.54, 1.807) is 6.20 Å². The van der Waals surface area contributed by atoms with Crippen LogP contribution in [0.2, 0.25) is 0 Å². The average Bonchev–Trinajstić information content (AvgIpc) is 3.09. The highest BCUT2D eigenvalue weighted by Crippen LogP contribution is 2.28. The van der Waals surface area contributed by atoms with E-state index in [-0.39, 0.29) is 11.9 Å². The number of carbonyl (C=O) groups is 1. The lowest BCUT2D eigenvalue weighted by Gasteiger charge is -2.24. The first kappa shape index (κ1) is 12.1. The lowest BCUT2D eigenvalue weighted by Crippen LogP contribution is -2.44. The third-order valence-electron chi connectivity index (χ3n) is 3.26. The van der Waals surface area contributed by atoms with Crippen molar-refractivity contribution in [3.8, 4) is 0 Å². The summed E-state index contributed by atoms with van der Waals surface area (Å²) in [5.41, 5.74) is 5.83. The number of aryl methyl sites for hydroxylation is 1. The van der Waals surface area contributed by atoms with Gasteiger partial charge in [0.15, 0.2) is 0 Å². The maximum atomic E-state index is 12.2. The van der Waals surface area contributed by atoms with Gasteiger partial charge in [0.1, 0.15) is 5.82 Å². The van der Waals surface area contributed by atoms with Crippen molar-refractivity contribution >= 4 is 5.91 Å². The molecule has 0 aromatic carbocycles. The second-order valence-corrected chi connectivity index (χ2v) is 4.67. The summed E-state index contributed by atoms with van der Waals surface area (Å²) in [5.74, 6) is 0.964. The number of nitrogens with zero attached hydrogens (tertiary/aromatic N) is 3. The van der Waals surface area contributed by atoms with Crippen LogP contribution in [0, 0.1) is 0 Å². The number of nitrogens with two attached hydrogens (primary N) is 1. The Morgan fingerprint density at radius 2 is 2.41 bits per heavy atom. The number of rotatable bonds is 5. The number of aromatic nitrogens is 2. The second kappa shape index (κ2) is 4.87. The molecule has 1 aliphatic rings. The highest BCUT2D eigenvalue weighted by molar-refractivity contribution is 5.82. The molecule has 0 saturated heterocycles. The molecule has 1 fully saturated rings. The molecule has 2 rings (SSSR count). The molecule has 1 heterocycles. The van der Waals surface area contributed by atoms with Crippen molar-refractivity contribution in [2.75, 3.05) is 0 Å². The van der Waals surface area contributed by atoms with Crippen LogP contribution in [0.1, 0.15) is 32.0 Å². The van der Waals surface area contributed by atoms with Crippen LogP contribution in [-0.4, -0.2) is 32.4 Å². The fourth-order valence-corrected chi connectivity index (χ4v) is 1.86. The van der Waals surface area contributed by atoms with Crippen molar-refractivity contribution in [3.05, 3.63) is 18.2 Å². The van der Waals surface area contributed by atoms with Gasteiger partial charge in [0, 0.05) is 25.5 Å². The second-order valence-electron chi connectivity index (χ2n) is 4.67. The molecule has 1 aliphatic carbocycles. The van der Waals surface area contributed by atoms with Gasteiger partial charge >= 0.3 is 0 Å². The van der Waals surface area contributed by atoms with Crippen LogP contribution < -0.4 is 5.73 Å². The fourth-order valence-electron chi connectivity index (χ4n) is 1.86. The Morgan fingerprint density at radius 1 is 1.71 bits per heavy atom. The molecule has 0 spiro atoms. The molecule has 5 heteroatoms. The predicted molar refractivity (Wildman–Crippen MR) is 65.0 cm³/mol. The summed E-state index contributed by atoms with van der Waals surface area (Å²) in [6.07, 6.45) is 6.51. The largest absolute Gasteiger partial charge is 0.337 e. The summed E-state index contributed by atoms with van der Waals surface area (Å²) in [4.78, 5) is 18.3. The van der Waals surface area contributed by atoms with Gasteiger partial charge < -0.3 is 15.2 Å². The molecule has 0 bridgehead atoms. The third-order valence-corrected chi connectivity index (χ3v) is 3.26. The first-order valence-electron chi connectivity index (χ1n) is 6.15. The van der Waals surface area contributed by atoms with Gasteiger partial charge in [-0.2, -0.15) is 0 Å². The molecule has 0 unspecified atom stereocenters. The van der Waals surface area contributed by atoms with Gasteiger partial charge in [-0.3, -0.25) is 4.79 Å². The molecule has 2 N–H and O–H groups in total. The third kappa shape index (κ3) is 2.66. The maximum Gasteiger partial charge on any atom is 0.240 e. The monoisotopic (exact) mass is 236 g/mol. The molecular weight excluding hydrogens is 216 g/mol. The van der Waals surface area contributed by atoms with Gasteiger partial charge in [0.25, 0.3) is 0 Å². The van der Waals surface area contributed by atoms with Crippen LogP contribution >= 0.6 is 0 Å². The molecule has 1 saturated carbocycles. The predicted octanol–water partition coefficient (Wildman–Crippen LogP) is 0.648. The maximum absolute atomic E-state index is 12.2. The molecule has 1 aromatic rings. The van der Waals surface area contributed by atoms with Gasteiger partial charge in [-0.1, -0.05) is 6.92 Å². The van der Waals surface area contributed by atoms with E-state index in [4.69, 9.17) is 5.73 Å². The van der Waals surface area contributed by atoms with Crippen molar-refractivity contribution in [1.29, 1.82) is 0 Å². The van der Waals surface area contributed by atoms with Crippen molar-refractivity contribution in [1.82, 2.24) is 14.5 Å². The SMILES string of the molecule is CC[C@@H](N)C(=O)N(Cc1nccn1C)C1CC1. The van der Waals surface area contributed by atoms with Crippen molar-refractivity contribution in [2.45, 2.75) is 44.8 Å². The quantitative estimate of drug-likeness (QED) is 0.816. The highest BCUT2D eigenvalue weighted by Gasteiger charge is 2.34. The van der Waals surface area contributed by atoms with Crippen LogP contribution in [0.4, 0.5) is 0 Å². The van der Waals surface area contributed by atoms with E-state index in [1.807, 2.05) is 29.6 Å². The van der Waals surface area contributed by atoms with E-state index < -0.39 is 0 Å². The van der Waals surface area contributed by atoms with Crippen molar-refractivity contribution in [3.63, 3.8) is 0 Å². The summed E-state index contributed by atoms with van der Waals surface area (Å²) < 4.78 is 1.94. The average molecular weight is 236 g/mol. The van der Waals surface area contributed by atoms with Gasteiger partial charge in [0.05, 0.1) is 12.6 Å². The molecule has 17 heavy (non-hydrogen) atoms. The van der Waals surface area contributed by atoms with E-state index in [0.29, 0.717) is 19.0 Å². The molecule has 94 valence electrons. The number of amides is 1. The first-order chi connectivity index (χ1) is 8.13. The Bertz CT molecular complexity index is 397. The first-order valence-corrected chi connectivity index (χ1v) is 6.15. The Morgan fingerprint density at radius 3 is 2.88 bits per heavy atom. The molecule has 1 atom stereocenters. The Balaban J connectivity index is 2.08. The summed E-state index contributed by atoms with van der Waals surface area (Å²) in [5, 5.41) is 0. The zero-order valence-corrected chi connectivity index (χ0v) is 10.5. The zero-order chi connectivity index (χ0) is 12.4. The highest BCUT2D eigenvalue weighted by atomic mass is 16.2. The number of hydrogen-bond donors (Lipinski definition) is 1. The fraction of sp³-hybridized carbons (Fsp3) is 0.667. The van der Waals surface area contributed by atoms with E-state index in [2.05, 4.69) is 4.98 Å². The summed E-state index contributed by atoms with van der Waals surface area (Å²) in [6.45, 7) is 2.51. The molecule has 5 nitrogen and oxygen atoms in total. The Kier molecular flexibility index (Phi) is 3.47. The van der Waals surface area contributed by atoms with Crippen LogP contribution in [0.25, 0.3) is 0 Å². The zero-order valence-electron chi connectivity index (χ0n) is 10.5. The van der Waals surface area contributed by atoms with E-state index in [9.17, 15) is 4.79 Å². The molecular formula is C12H20N4O. The van der Waals surface area contributed by atoms with E-state index >= 15 is 0 Å². The number of imidazole rings is 1. The van der Waals surface area contributed by atoms with Crippen LogP contribution in [0.3, 0.4) is 0 Å². The van der Waals surface area contributed by atoms with Crippen LogP contribution in [-0.2, 0) is 18.4 Å². The topological polar surface area (TPSA) is 64.2 Å². The molecule has 0 aliphatic heterocycles. The Labute approximate surface area is 102 Å². The normalized spacial score (nSPS) is 16.9. The van der Waals surface area contributed by atoms with E-state index in [1.165, 1.54) is 0 Å². The minimum absolute atomic E-state index is 0.0537. The smallest absolute Gasteiger partial charge is 0.240 e. The minimum Gasteiger partial charge on any atom is -0.337 e. The number of carbonyl (C=O) groups excluding carboxylic acids is 1. The Hall–Kier alpha value is -1.36. The minimum atomic E-state index is -0.379. The van der Waals surface area contributed by atoms with Gasteiger partial charge in [-0.05, 0) is 19.3 Å². The standard InChI is InChI=1S/C12H20N4O/c1-3-10(13)12(17)16(9-4-5-9)8-11-14-6-7-15(11)2/h6-7,9-10H,3-5,8,13H2,1-2H3/t10-/m1/s1. The van der Waals surface area contributed by atoms with Gasteiger partial charge in [0.2, 0.25) is 5.91 Å². The number of hydrogen-bond acceptors (Lipinski definition) is 3. The molecule has 0 radical (unpaired) electrons. The van der Waals surface area contributed by atoms with Gasteiger partial charge in [-0.25, -0.2) is 4.98 Å². The lowest BCUT2D eigenvalue weighted by molar-refractivity contribution is -0.134. The lowest BCUT2D eigenvalue weighted by atomic mass is 10.2. The van der Waals surface area contributed by atoms with Crippen molar-refractivity contribution in [2.24, 2.45) is 12.8 Å².